The quantitative estimate of drug-likeness (QED) is 0.794. The van der Waals surface area contributed by atoms with Crippen LogP contribution in [0.4, 0.5) is 8.78 Å². The van der Waals surface area contributed by atoms with Crippen LogP contribution in [0.15, 0.2) is 16.5 Å². The first kappa shape index (κ1) is 14.1. The van der Waals surface area contributed by atoms with Crippen LogP contribution in [0.1, 0.15) is 25.4 Å². The standard InChI is InChI=1S/C12H15F2NOS/c1-4-12(2,3)15-7-9-5-6-10(16-9)8-17-11(13)14/h1,5-6,11,15H,7-8H2,2-3H3. The summed E-state index contributed by atoms with van der Waals surface area (Å²) in [6, 6.07) is 3.47. The van der Waals surface area contributed by atoms with Crippen molar-refractivity contribution in [2.24, 2.45) is 0 Å². The second-order valence-electron chi connectivity index (χ2n) is 4.06. The lowest BCUT2D eigenvalue weighted by molar-refractivity contribution is 0.251. The van der Waals surface area contributed by atoms with Crippen molar-refractivity contribution in [2.45, 2.75) is 37.4 Å². The van der Waals surface area contributed by atoms with Gasteiger partial charge in [0.15, 0.2) is 0 Å². The SMILES string of the molecule is C#CC(C)(C)NCc1ccc(CSC(F)F)o1. The van der Waals surface area contributed by atoms with Crippen LogP contribution in [-0.2, 0) is 12.3 Å². The summed E-state index contributed by atoms with van der Waals surface area (Å²) < 4.78 is 29.3. The first-order valence-corrected chi connectivity index (χ1v) is 6.18. The average Bonchev–Trinajstić information content (AvgIpc) is 2.72. The summed E-state index contributed by atoms with van der Waals surface area (Å²) >= 11 is 0.546. The van der Waals surface area contributed by atoms with Gasteiger partial charge in [-0.05, 0) is 26.0 Å². The predicted octanol–water partition coefficient (Wildman–Crippen LogP) is 3.24. The highest BCUT2D eigenvalue weighted by atomic mass is 32.2. The molecule has 0 unspecified atom stereocenters. The van der Waals surface area contributed by atoms with Gasteiger partial charge in [-0.2, -0.15) is 8.78 Å². The summed E-state index contributed by atoms with van der Waals surface area (Å²) in [5.41, 5.74) is -0.412. The van der Waals surface area contributed by atoms with E-state index in [0.29, 0.717) is 29.8 Å². The lowest BCUT2D eigenvalue weighted by Crippen LogP contribution is -2.36. The summed E-state index contributed by atoms with van der Waals surface area (Å²) in [5, 5.41) is 3.12. The average molecular weight is 259 g/mol. The fourth-order valence-electron chi connectivity index (χ4n) is 1.10. The van der Waals surface area contributed by atoms with Crippen molar-refractivity contribution in [3.63, 3.8) is 0 Å². The fraction of sp³-hybridized carbons (Fsp3) is 0.500. The zero-order valence-electron chi connectivity index (χ0n) is 9.80. The normalized spacial score (nSPS) is 11.8. The predicted molar refractivity (Wildman–Crippen MR) is 65.8 cm³/mol. The molecule has 0 saturated carbocycles. The third kappa shape index (κ3) is 5.24. The Morgan fingerprint density at radius 2 is 2.12 bits per heavy atom. The van der Waals surface area contributed by atoms with Crippen molar-refractivity contribution >= 4 is 11.8 Å². The highest BCUT2D eigenvalue weighted by molar-refractivity contribution is 7.98. The Morgan fingerprint density at radius 3 is 2.71 bits per heavy atom. The Kier molecular flexibility index (Phi) is 5.03. The molecule has 0 aliphatic heterocycles. The molecular formula is C12H15F2NOS. The molecule has 94 valence electrons. The van der Waals surface area contributed by atoms with Gasteiger partial charge in [0.1, 0.15) is 11.5 Å². The van der Waals surface area contributed by atoms with E-state index in [4.69, 9.17) is 10.8 Å². The van der Waals surface area contributed by atoms with E-state index in [9.17, 15) is 8.78 Å². The number of alkyl halides is 2. The van der Waals surface area contributed by atoms with E-state index in [1.165, 1.54) is 0 Å². The van der Waals surface area contributed by atoms with Gasteiger partial charge in [0.05, 0.1) is 17.8 Å². The molecule has 0 aliphatic rings. The van der Waals surface area contributed by atoms with Gasteiger partial charge in [0.2, 0.25) is 0 Å². The van der Waals surface area contributed by atoms with Crippen LogP contribution in [-0.4, -0.2) is 11.3 Å². The number of rotatable bonds is 6. The van der Waals surface area contributed by atoms with Gasteiger partial charge < -0.3 is 4.42 Å². The lowest BCUT2D eigenvalue weighted by atomic mass is 10.1. The Morgan fingerprint density at radius 1 is 1.47 bits per heavy atom. The molecule has 1 aromatic heterocycles. The van der Waals surface area contributed by atoms with E-state index < -0.39 is 11.3 Å². The highest BCUT2D eigenvalue weighted by Gasteiger charge is 2.13. The molecule has 0 aliphatic carbocycles. The Bertz CT molecular complexity index is 395. The number of hydrogen-bond donors (Lipinski definition) is 1. The van der Waals surface area contributed by atoms with Crippen molar-refractivity contribution in [1.29, 1.82) is 0 Å². The van der Waals surface area contributed by atoms with Crippen LogP contribution in [0.2, 0.25) is 0 Å². The number of thioether (sulfide) groups is 1. The van der Waals surface area contributed by atoms with E-state index in [-0.39, 0.29) is 5.75 Å². The summed E-state index contributed by atoms with van der Waals surface area (Å²) in [5.74, 6) is 1.65. The van der Waals surface area contributed by atoms with Crippen molar-refractivity contribution in [1.82, 2.24) is 5.32 Å². The van der Waals surface area contributed by atoms with E-state index in [0.717, 1.165) is 0 Å². The number of terminal acetylenes is 1. The minimum atomic E-state index is -2.37. The van der Waals surface area contributed by atoms with Gasteiger partial charge >= 0.3 is 0 Å². The molecule has 1 aromatic rings. The second-order valence-corrected chi connectivity index (χ2v) is 5.04. The van der Waals surface area contributed by atoms with Crippen LogP contribution in [0.25, 0.3) is 0 Å². The third-order valence-corrected chi connectivity index (χ3v) is 2.84. The molecule has 0 radical (unpaired) electrons. The smallest absolute Gasteiger partial charge is 0.284 e. The van der Waals surface area contributed by atoms with Gasteiger partial charge in [-0.3, -0.25) is 5.32 Å². The van der Waals surface area contributed by atoms with E-state index in [2.05, 4.69) is 11.2 Å². The van der Waals surface area contributed by atoms with Crippen LogP contribution >= 0.6 is 11.8 Å². The number of halogens is 2. The van der Waals surface area contributed by atoms with Gasteiger partial charge in [-0.25, -0.2) is 0 Å². The first-order valence-electron chi connectivity index (χ1n) is 5.13. The minimum absolute atomic E-state index is 0.177. The molecule has 0 saturated heterocycles. The van der Waals surface area contributed by atoms with Gasteiger partial charge in [0, 0.05) is 0 Å². The zero-order valence-corrected chi connectivity index (χ0v) is 10.6. The van der Waals surface area contributed by atoms with Gasteiger partial charge in [-0.1, -0.05) is 17.7 Å². The molecule has 1 rings (SSSR count). The molecule has 1 heterocycles. The summed E-state index contributed by atoms with van der Waals surface area (Å²) in [6.07, 6.45) is 5.33. The van der Waals surface area contributed by atoms with E-state index in [1.54, 1.807) is 12.1 Å². The van der Waals surface area contributed by atoms with Gasteiger partial charge in [-0.15, -0.1) is 6.42 Å². The fourth-order valence-corrected chi connectivity index (χ4v) is 1.54. The maximum Gasteiger partial charge on any atom is 0.284 e. The monoisotopic (exact) mass is 259 g/mol. The molecule has 0 aromatic carbocycles. The summed E-state index contributed by atoms with van der Waals surface area (Å²) in [6.45, 7) is 4.24. The molecule has 0 spiro atoms. The van der Waals surface area contributed by atoms with Crippen LogP contribution in [0, 0.1) is 12.3 Å². The Labute approximate surface area is 104 Å². The number of nitrogens with one attached hydrogen (secondary N) is 1. The van der Waals surface area contributed by atoms with Crippen molar-refractivity contribution in [2.75, 3.05) is 0 Å². The molecule has 5 heteroatoms. The minimum Gasteiger partial charge on any atom is -0.464 e. The van der Waals surface area contributed by atoms with Gasteiger partial charge in [0.25, 0.3) is 5.76 Å². The van der Waals surface area contributed by atoms with Crippen LogP contribution < -0.4 is 5.32 Å². The molecule has 0 amide bonds. The second kappa shape index (κ2) is 6.08. The maximum atomic E-state index is 12.0. The number of hydrogen-bond acceptors (Lipinski definition) is 3. The topological polar surface area (TPSA) is 25.2 Å². The van der Waals surface area contributed by atoms with Crippen molar-refractivity contribution in [3.05, 3.63) is 23.7 Å². The Balaban J connectivity index is 2.44. The van der Waals surface area contributed by atoms with Crippen molar-refractivity contribution < 1.29 is 13.2 Å². The lowest BCUT2D eigenvalue weighted by Gasteiger charge is -2.18. The first-order chi connectivity index (χ1) is 7.93. The molecular weight excluding hydrogens is 244 g/mol. The van der Waals surface area contributed by atoms with Crippen LogP contribution in [0.3, 0.4) is 0 Å². The summed E-state index contributed by atoms with van der Waals surface area (Å²) in [4.78, 5) is 0. The largest absolute Gasteiger partial charge is 0.464 e. The third-order valence-electron chi connectivity index (χ3n) is 2.13. The number of furan rings is 1. The molecule has 1 N–H and O–H groups in total. The van der Waals surface area contributed by atoms with E-state index in [1.807, 2.05) is 13.8 Å². The Hall–Kier alpha value is -0.990. The highest BCUT2D eigenvalue weighted by Crippen LogP contribution is 2.21. The molecule has 0 bridgehead atoms. The molecule has 2 nitrogen and oxygen atoms in total. The van der Waals surface area contributed by atoms with Crippen molar-refractivity contribution in [3.8, 4) is 12.3 Å². The van der Waals surface area contributed by atoms with E-state index >= 15 is 0 Å². The van der Waals surface area contributed by atoms with Crippen LogP contribution in [0.5, 0.6) is 0 Å². The zero-order chi connectivity index (χ0) is 12.9. The molecule has 17 heavy (non-hydrogen) atoms. The maximum absolute atomic E-state index is 12.0. The molecule has 0 atom stereocenters. The molecule has 0 fully saturated rings. The summed E-state index contributed by atoms with van der Waals surface area (Å²) in [7, 11) is 0.